The fourth-order valence-electron chi connectivity index (χ4n) is 1.59. The van der Waals surface area contributed by atoms with Crippen molar-refractivity contribution >= 4 is 0 Å². The highest BCUT2D eigenvalue weighted by atomic mass is 14.0. The van der Waals surface area contributed by atoms with Crippen molar-refractivity contribution in [3.8, 4) is 0 Å². The molecule has 0 rings (SSSR count). The average molecular weight is 218 g/mol. The number of hydrogen-bond donors (Lipinski definition) is 0. The van der Waals surface area contributed by atoms with Crippen LogP contribution in [0.2, 0.25) is 0 Å². The first-order valence-corrected chi connectivity index (χ1v) is 6.28. The van der Waals surface area contributed by atoms with Crippen LogP contribution in [0.3, 0.4) is 0 Å². The molecular formula is C16H26+2. The van der Waals surface area contributed by atoms with E-state index in [9.17, 15) is 0 Å². The van der Waals surface area contributed by atoms with E-state index in [1.54, 1.807) is 0 Å². The fourth-order valence-corrected chi connectivity index (χ4v) is 1.59. The van der Waals surface area contributed by atoms with Crippen molar-refractivity contribution in [1.82, 2.24) is 0 Å². The van der Waals surface area contributed by atoms with Crippen LogP contribution < -0.4 is 0 Å². The van der Waals surface area contributed by atoms with Gasteiger partial charge in [0.05, 0.1) is 26.7 Å². The maximum Gasteiger partial charge on any atom is 0.0853 e. The lowest BCUT2D eigenvalue weighted by atomic mass is 10.0. The Morgan fingerprint density at radius 2 is 1.62 bits per heavy atom. The molecule has 0 aliphatic rings. The summed E-state index contributed by atoms with van der Waals surface area (Å²) in [7, 11) is 0. The first-order valence-electron chi connectivity index (χ1n) is 6.28. The second-order valence-corrected chi connectivity index (χ2v) is 4.22. The highest BCUT2D eigenvalue weighted by Crippen LogP contribution is 2.16. The molecule has 0 aliphatic carbocycles. The molecule has 0 saturated carbocycles. The molecule has 0 atom stereocenters. The van der Waals surface area contributed by atoms with Crippen LogP contribution in [0.25, 0.3) is 0 Å². The molecular weight excluding hydrogens is 192 g/mol. The molecule has 88 valence electrons. The zero-order chi connectivity index (χ0) is 12.2. The van der Waals surface area contributed by atoms with E-state index in [4.69, 9.17) is 0 Å². The molecule has 0 unspecified atom stereocenters. The number of unbranched alkanes of at least 4 members (excludes halogenated alkanes) is 2. The van der Waals surface area contributed by atoms with Crippen LogP contribution in [0, 0.1) is 13.8 Å². The van der Waals surface area contributed by atoms with Gasteiger partial charge in [0.25, 0.3) is 0 Å². The topological polar surface area (TPSA) is 0 Å². The van der Waals surface area contributed by atoms with E-state index in [2.05, 4.69) is 33.1 Å². The monoisotopic (exact) mass is 218 g/mol. The number of allylic oxidation sites excluding steroid dienone is 4. The summed E-state index contributed by atoms with van der Waals surface area (Å²) in [6, 6.07) is 0. The zero-order valence-corrected chi connectivity index (χ0v) is 10.6. The number of hydrogen-bond acceptors (Lipinski definition) is 0. The Balaban J connectivity index is 3.99. The van der Waals surface area contributed by atoms with E-state index >= 15 is 0 Å². The molecule has 0 heteroatoms. The van der Waals surface area contributed by atoms with Gasteiger partial charge >= 0.3 is 0 Å². The Morgan fingerprint density at radius 3 is 2.19 bits per heavy atom. The Kier molecular flexibility index (Phi) is 9.80. The van der Waals surface area contributed by atoms with Crippen molar-refractivity contribution in [3.05, 3.63) is 50.3 Å². The lowest BCUT2D eigenvalue weighted by Gasteiger charge is -2.04. The second-order valence-electron chi connectivity index (χ2n) is 4.22. The summed E-state index contributed by atoms with van der Waals surface area (Å²) in [6.07, 6.45) is 12.9. The molecule has 0 bridgehead atoms. The van der Waals surface area contributed by atoms with Gasteiger partial charge in [0.15, 0.2) is 0 Å². The summed E-state index contributed by atoms with van der Waals surface area (Å²) >= 11 is 0. The van der Waals surface area contributed by atoms with Crippen molar-refractivity contribution in [1.29, 1.82) is 0 Å². The van der Waals surface area contributed by atoms with Gasteiger partial charge in [-0.1, -0.05) is 29.9 Å². The smallest absolute Gasteiger partial charge is 0.0853 e. The van der Waals surface area contributed by atoms with Crippen LogP contribution in [-0.2, 0) is 0 Å². The summed E-state index contributed by atoms with van der Waals surface area (Å²) in [4.78, 5) is 0. The van der Waals surface area contributed by atoms with Gasteiger partial charge in [-0.3, -0.25) is 0 Å². The fraction of sp³-hybridized carbons (Fsp3) is 0.500. The van der Waals surface area contributed by atoms with Gasteiger partial charge in [0.2, 0.25) is 0 Å². The minimum absolute atomic E-state index is 1.00. The minimum atomic E-state index is 1.00. The lowest BCUT2D eigenvalue weighted by Crippen LogP contribution is -1.86. The van der Waals surface area contributed by atoms with Crippen molar-refractivity contribution in [2.75, 3.05) is 0 Å². The van der Waals surface area contributed by atoms with E-state index in [1.807, 2.05) is 6.08 Å². The molecule has 0 heterocycles. The van der Waals surface area contributed by atoms with E-state index in [0.29, 0.717) is 0 Å². The SMILES string of the molecule is C=CCC(=CCC(=C)CCC[CH2+])CCC[CH2+]. The van der Waals surface area contributed by atoms with Gasteiger partial charge in [-0.05, 0) is 38.5 Å². The molecule has 0 nitrogen and oxygen atoms in total. The van der Waals surface area contributed by atoms with Crippen molar-refractivity contribution in [2.24, 2.45) is 0 Å². The summed E-state index contributed by atoms with van der Waals surface area (Å²) < 4.78 is 0. The molecule has 0 spiro atoms. The Hall–Kier alpha value is -1.04. The van der Waals surface area contributed by atoms with Crippen LogP contribution in [0.15, 0.2) is 36.5 Å². The highest BCUT2D eigenvalue weighted by molar-refractivity contribution is 5.11. The Morgan fingerprint density at radius 1 is 1.00 bits per heavy atom. The van der Waals surface area contributed by atoms with Crippen LogP contribution >= 0.6 is 0 Å². The molecule has 0 aromatic heterocycles. The molecule has 0 aromatic carbocycles. The Bertz CT molecular complexity index is 220. The summed E-state index contributed by atoms with van der Waals surface area (Å²) in [6.45, 7) is 15.6. The van der Waals surface area contributed by atoms with E-state index < -0.39 is 0 Å². The molecule has 0 fully saturated rings. The van der Waals surface area contributed by atoms with Gasteiger partial charge in [-0.25, -0.2) is 0 Å². The van der Waals surface area contributed by atoms with Crippen LogP contribution in [0.5, 0.6) is 0 Å². The molecule has 0 saturated heterocycles. The van der Waals surface area contributed by atoms with Crippen LogP contribution in [0.1, 0.15) is 51.4 Å². The highest BCUT2D eigenvalue weighted by Gasteiger charge is 1.98. The maximum absolute atomic E-state index is 4.09. The van der Waals surface area contributed by atoms with Gasteiger partial charge in [0.1, 0.15) is 0 Å². The quantitative estimate of drug-likeness (QED) is 0.338. The van der Waals surface area contributed by atoms with Crippen molar-refractivity contribution < 1.29 is 0 Å². The standard InChI is InChI=1S/C16H26/c1-5-8-11-15(4)13-14-16(10-7-3)12-9-6-2/h7,14H,1-6,8-13H2/q+2. The summed E-state index contributed by atoms with van der Waals surface area (Å²) in [5.74, 6) is 0. The van der Waals surface area contributed by atoms with Gasteiger partial charge in [-0.2, -0.15) is 0 Å². The van der Waals surface area contributed by atoms with Crippen molar-refractivity contribution in [3.63, 3.8) is 0 Å². The van der Waals surface area contributed by atoms with Crippen LogP contribution in [0.4, 0.5) is 0 Å². The molecule has 0 aliphatic heterocycles. The molecule has 0 radical (unpaired) electrons. The predicted octanol–water partition coefficient (Wildman–Crippen LogP) is 5.44. The Labute approximate surface area is 102 Å². The first kappa shape index (κ1) is 15.0. The normalized spacial score (nSPS) is 11.4. The van der Waals surface area contributed by atoms with Crippen LogP contribution in [-0.4, -0.2) is 0 Å². The zero-order valence-electron chi connectivity index (χ0n) is 10.6. The third-order valence-electron chi connectivity index (χ3n) is 2.61. The summed E-state index contributed by atoms with van der Waals surface area (Å²) in [5, 5.41) is 0. The van der Waals surface area contributed by atoms with Gasteiger partial charge < -0.3 is 0 Å². The third-order valence-corrected chi connectivity index (χ3v) is 2.61. The van der Waals surface area contributed by atoms with E-state index in [0.717, 1.165) is 44.9 Å². The molecule has 0 N–H and O–H groups in total. The maximum atomic E-state index is 4.09. The van der Waals surface area contributed by atoms with E-state index in [1.165, 1.54) is 17.6 Å². The minimum Gasteiger partial charge on any atom is -0.103 e. The average Bonchev–Trinajstić information content (AvgIpc) is 2.30. The summed E-state index contributed by atoms with van der Waals surface area (Å²) in [5.41, 5.74) is 2.80. The first-order chi connectivity index (χ1) is 7.74. The predicted molar refractivity (Wildman–Crippen MR) is 75.1 cm³/mol. The van der Waals surface area contributed by atoms with Gasteiger partial charge in [-0.15, -0.1) is 6.58 Å². The number of rotatable bonds is 10. The largest absolute Gasteiger partial charge is 0.103 e. The molecule has 16 heavy (non-hydrogen) atoms. The molecule has 0 amide bonds. The lowest BCUT2D eigenvalue weighted by molar-refractivity contribution is 0.796. The van der Waals surface area contributed by atoms with Crippen molar-refractivity contribution in [2.45, 2.75) is 51.4 Å². The van der Waals surface area contributed by atoms with Gasteiger partial charge in [0, 0.05) is 0 Å². The van der Waals surface area contributed by atoms with E-state index in [-0.39, 0.29) is 0 Å². The third kappa shape index (κ3) is 8.28. The molecule has 0 aromatic rings. The second kappa shape index (κ2) is 10.5.